The maximum Gasteiger partial charge on any atom is 0.345 e. The molecule has 160 valence electrons. The Kier molecular flexibility index (Phi) is 5.03. The molecule has 2 N–H and O–H groups in total. The largest absolute Gasteiger partial charge is 0.345 e. The smallest absolute Gasteiger partial charge is 0.303 e. The molecule has 0 spiro atoms. The molecule has 1 aliphatic rings. The standard InChI is InChI=1S/C23H21N7O2/c24-11-16-9-17-7-8-29(22(17)25-12-16)23(32)27-26-19-3-6-21-18(10-19)13-30(28-21)20-4-1-15(14-31)2-5-20/h3,6-10,12-15,20,26H,1-2,4-5H2,(H,27,32). The SMILES string of the molecule is N#Cc1cnc2c(ccn2C(=O)NNc2ccc3nn(C4CCC(C=O)CC4)cc3c2)c1. The van der Waals surface area contributed by atoms with E-state index in [1.54, 1.807) is 18.3 Å². The molecule has 4 aromatic rings. The van der Waals surface area contributed by atoms with Crippen LogP contribution in [-0.2, 0) is 4.79 Å². The Bertz CT molecular complexity index is 1360. The third-order valence-corrected chi connectivity index (χ3v) is 6.02. The normalized spacial score (nSPS) is 18.3. The van der Waals surface area contributed by atoms with Crippen molar-refractivity contribution in [2.45, 2.75) is 31.7 Å². The van der Waals surface area contributed by atoms with Crippen LogP contribution in [0.15, 0.2) is 48.9 Å². The molecular weight excluding hydrogens is 406 g/mol. The number of hydrogen-bond donors (Lipinski definition) is 2. The van der Waals surface area contributed by atoms with Gasteiger partial charge in [0.15, 0.2) is 0 Å². The second-order valence-electron chi connectivity index (χ2n) is 8.08. The Hall–Kier alpha value is -4.19. The number of rotatable bonds is 4. The van der Waals surface area contributed by atoms with Gasteiger partial charge < -0.3 is 4.79 Å². The van der Waals surface area contributed by atoms with Gasteiger partial charge in [-0.1, -0.05) is 0 Å². The van der Waals surface area contributed by atoms with E-state index < -0.39 is 0 Å². The summed E-state index contributed by atoms with van der Waals surface area (Å²) in [4.78, 5) is 27.8. The Balaban J connectivity index is 1.28. The zero-order valence-corrected chi connectivity index (χ0v) is 17.2. The summed E-state index contributed by atoms with van der Waals surface area (Å²) in [5.74, 6) is 0.177. The summed E-state index contributed by atoms with van der Waals surface area (Å²) in [5.41, 5.74) is 8.15. The van der Waals surface area contributed by atoms with E-state index in [1.165, 1.54) is 10.8 Å². The number of nitriles is 1. The Labute approximate surface area is 183 Å². The van der Waals surface area contributed by atoms with E-state index in [4.69, 9.17) is 10.4 Å². The molecule has 1 aliphatic carbocycles. The zero-order chi connectivity index (χ0) is 22.1. The lowest BCUT2D eigenvalue weighted by atomic mass is 9.87. The number of benzene rings is 1. The molecular formula is C23H21N7O2. The number of pyridine rings is 1. The molecule has 1 amide bonds. The van der Waals surface area contributed by atoms with Crippen LogP contribution in [-0.4, -0.2) is 31.6 Å². The van der Waals surface area contributed by atoms with Crippen LogP contribution < -0.4 is 10.9 Å². The van der Waals surface area contributed by atoms with Crippen molar-refractivity contribution >= 4 is 39.9 Å². The quantitative estimate of drug-likeness (QED) is 0.378. The van der Waals surface area contributed by atoms with Crippen molar-refractivity contribution < 1.29 is 9.59 Å². The lowest BCUT2D eigenvalue weighted by Gasteiger charge is -2.25. The van der Waals surface area contributed by atoms with Crippen molar-refractivity contribution in [1.82, 2.24) is 24.8 Å². The van der Waals surface area contributed by atoms with Crippen LogP contribution in [0.4, 0.5) is 10.5 Å². The second kappa shape index (κ2) is 8.15. The summed E-state index contributed by atoms with van der Waals surface area (Å²) in [7, 11) is 0. The molecule has 3 heterocycles. The summed E-state index contributed by atoms with van der Waals surface area (Å²) in [6, 6.07) is 11.1. The summed E-state index contributed by atoms with van der Waals surface area (Å²) >= 11 is 0. The van der Waals surface area contributed by atoms with E-state index in [0.717, 1.165) is 53.9 Å². The highest BCUT2D eigenvalue weighted by Crippen LogP contribution is 2.32. The molecule has 0 unspecified atom stereocenters. The number of aldehydes is 1. The molecule has 1 aromatic carbocycles. The van der Waals surface area contributed by atoms with Gasteiger partial charge in [-0.25, -0.2) is 9.78 Å². The van der Waals surface area contributed by atoms with E-state index in [0.29, 0.717) is 17.3 Å². The Morgan fingerprint density at radius 3 is 2.78 bits per heavy atom. The van der Waals surface area contributed by atoms with Gasteiger partial charge in [-0.05, 0) is 56.0 Å². The third-order valence-electron chi connectivity index (χ3n) is 6.02. The zero-order valence-electron chi connectivity index (χ0n) is 17.2. The Morgan fingerprint density at radius 2 is 2.00 bits per heavy atom. The van der Waals surface area contributed by atoms with Gasteiger partial charge in [0.05, 0.1) is 22.8 Å². The van der Waals surface area contributed by atoms with E-state index in [2.05, 4.69) is 15.8 Å². The molecule has 0 aliphatic heterocycles. The van der Waals surface area contributed by atoms with Gasteiger partial charge in [0.1, 0.15) is 18.0 Å². The average molecular weight is 427 g/mol. The molecule has 0 saturated heterocycles. The number of aromatic nitrogens is 4. The van der Waals surface area contributed by atoms with Crippen LogP contribution >= 0.6 is 0 Å². The summed E-state index contributed by atoms with van der Waals surface area (Å²) in [5, 5.41) is 15.4. The molecule has 9 heteroatoms. The Morgan fingerprint density at radius 1 is 1.16 bits per heavy atom. The number of anilines is 1. The predicted octanol–water partition coefficient (Wildman–Crippen LogP) is 3.77. The fourth-order valence-corrected chi connectivity index (χ4v) is 4.25. The van der Waals surface area contributed by atoms with Crippen LogP contribution in [0.3, 0.4) is 0 Å². The fraction of sp³-hybridized carbons (Fsp3) is 0.261. The minimum absolute atomic E-state index is 0.177. The number of hydrazine groups is 1. The van der Waals surface area contributed by atoms with E-state index in [-0.39, 0.29) is 11.9 Å². The van der Waals surface area contributed by atoms with Crippen molar-refractivity contribution in [3.8, 4) is 6.07 Å². The fourth-order valence-electron chi connectivity index (χ4n) is 4.25. The maximum absolute atomic E-state index is 12.6. The first-order valence-corrected chi connectivity index (χ1v) is 10.5. The maximum atomic E-state index is 12.6. The van der Waals surface area contributed by atoms with Gasteiger partial charge in [0, 0.05) is 35.3 Å². The van der Waals surface area contributed by atoms with Gasteiger partial charge >= 0.3 is 6.03 Å². The minimum atomic E-state index is -0.389. The molecule has 5 rings (SSSR count). The molecule has 1 saturated carbocycles. The summed E-state index contributed by atoms with van der Waals surface area (Å²) < 4.78 is 3.39. The summed E-state index contributed by atoms with van der Waals surface area (Å²) in [6.07, 6.45) is 9.86. The van der Waals surface area contributed by atoms with Gasteiger partial charge in [-0.15, -0.1) is 0 Å². The van der Waals surface area contributed by atoms with Gasteiger partial charge in [-0.3, -0.25) is 20.1 Å². The highest BCUT2D eigenvalue weighted by molar-refractivity contribution is 5.90. The van der Waals surface area contributed by atoms with Crippen molar-refractivity contribution in [2.24, 2.45) is 5.92 Å². The number of carbonyl (C=O) groups excluding carboxylic acids is 2. The lowest BCUT2D eigenvalue weighted by molar-refractivity contribution is -0.112. The van der Waals surface area contributed by atoms with Crippen LogP contribution in [0.25, 0.3) is 21.9 Å². The number of nitrogens with one attached hydrogen (secondary N) is 2. The molecule has 1 fully saturated rings. The second-order valence-corrected chi connectivity index (χ2v) is 8.08. The van der Waals surface area contributed by atoms with Crippen LogP contribution in [0.5, 0.6) is 0 Å². The first kappa shape index (κ1) is 19.8. The third kappa shape index (κ3) is 3.67. The monoisotopic (exact) mass is 427 g/mol. The number of hydrogen-bond acceptors (Lipinski definition) is 6. The first-order valence-electron chi connectivity index (χ1n) is 10.5. The predicted molar refractivity (Wildman–Crippen MR) is 119 cm³/mol. The first-order chi connectivity index (χ1) is 15.6. The van der Waals surface area contributed by atoms with Crippen LogP contribution in [0, 0.1) is 17.2 Å². The highest BCUT2D eigenvalue weighted by Gasteiger charge is 2.22. The molecule has 32 heavy (non-hydrogen) atoms. The number of fused-ring (bicyclic) bond motifs is 2. The van der Waals surface area contributed by atoms with Crippen molar-refractivity contribution in [3.05, 3.63) is 54.5 Å². The van der Waals surface area contributed by atoms with Gasteiger partial charge in [0.2, 0.25) is 0 Å². The van der Waals surface area contributed by atoms with Crippen LogP contribution in [0.1, 0.15) is 37.3 Å². The van der Waals surface area contributed by atoms with Gasteiger partial charge in [0.25, 0.3) is 0 Å². The topological polar surface area (TPSA) is 118 Å². The minimum Gasteiger partial charge on any atom is -0.303 e. The molecule has 0 bridgehead atoms. The molecule has 9 nitrogen and oxygen atoms in total. The number of amides is 1. The van der Waals surface area contributed by atoms with Crippen LogP contribution in [0.2, 0.25) is 0 Å². The van der Waals surface area contributed by atoms with Crippen molar-refractivity contribution in [2.75, 3.05) is 5.43 Å². The molecule has 0 radical (unpaired) electrons. The van der Waals surface area contributed by atoms with Crippen molar-refractivity contribution in [1.29, 1.82) is 5.26 Å². The number of carbonyl (C=O) groups is 2. The molecule has 3 aromatic heterocycles. The van der Waals surface area contributed by atoms with Crippen molar-refractivity contribution in [3.63, 3.8) is 0 Å². The molecule has 0 atom stereocenters. The highest BCUT2D eigenvalue weighted by atomic mass is 16.2. The van der Waals surface area contributed by atoms with E-state index >= 15 is 0 Å². The van der Waals surface area contributed by atoms with E-state index in [1.807, 2.05) is 35.1 Å². The summed E-state index contributed by atoms with van der Waals surface area (Å²) in [6.45, 7) is 0. The average Bonchev–Trinajstić information content (AvgIpc) is 3.46. The lowest BCUT2D eigenvalue weighted by Crippen LogP contribution is -2.33. The number of nitrogens with zero attached hydrogens (tertiary/aromatic N) is 5. The van der Waals surface area contributed by atoms with Gasteiger partial charge in [-0.2, -0.15) is 10.4 Å². The van der Waals surface area contributed by atoms with E-state index in [9.17, 15) is 9.59 Å².